The lowest BCUT2D eigenvalue weighted by Crippen LogP contribution is -2.50. The molecular formula is C23H37Cl4N5O3. The van der Waals surface area contributed by atoms with Crippen molar-refractivity contribution in [3.8, 4) is 0 Å². The fourth-order valence-electron chi connectivity index (χ4n) is 3.69. The SMILES string of the molecule is CCOC(=O)C(CC(C)C)NC(=O)C(N)Cc1nc2cc(N(CCCl)CCCl)ccc2n1C.Cl.Cl. The molecule has 3 N–H and O–H groups in total. The molecule has 0 aliphatic carbocycles. The van der Waals surface area contributed by atoms with Crippen molar-refractivity contribution in [1.29, 1.82) is 0 Å². The van der Waals surface area contributed by atoms with Gasteiger partial charge in [-0.2, -0.15) is 0 Å². The number of aryl methyl sites for hydroxylation is 1. The second kappa shape index (κ2) is 16.3. The molecular weight excluding hydrogens is 536 g/mol. The Bertz CT molecular complexity index is 935. The highest BCUT2D eigenvalue weighted by Gasteiger charge is 2.26. The highest BCUT2D eigenvalue weighted by atomic mass is 35.5. The number of esters is 1. The molecule has 2 aromatic rings. The number of aromatic nitrogens is 2. The molecule has 1 aromatic carbocycles. The average molecular weight is 573 g/mol. The number of ether oxygens (including phenoxy) is 1. The van der Waals surface area contributed by atoms with E-state index < -0.39 is 24.0 Å². The van der Waals surface area contributed by atoms with Gasteiger partial charge in [-0.1, -0.05) is 13.8 Å². The number of carbonyl (C=O) groups excluding carboxylic acids is 2. The van der Waals surface area contributed by atoms with E-state index in [2.05, 4.69) is 10.2 Å². The molecule has 0 aliphatic rings. The van der Waals surface area contributed by atoms with Gasteiger partial charge in [-0.25, -0.2) is 9.78 Å². The number of alkyl halides is 2. The number of fused-ring (bicyclic) bond motifs is 1. The molecule has 0 fully saturated rings. The maximum absolute atomic E-state index is 12.7. The number of hydrogen-bond acceptors (Lipinski definition) is 6. The molecule has 35 heavy (non-hydrogen) atoms. The summed E-state index contributed by atoms with van der Waals surface area (Å²) in [7, 11) is 1.89. The van der Waals surface area contributed by atoms with Crippen LogP contribution in [0.4, 0.5) is 5.69 Å². The minimum absolute atomic E-state index is 0. The van der Waals surface area contributed by atoms with Crippen LogP contribution < -0.4 is 16.0 Å². The Morgan fingerprint density at radius 1 is 1.20 bits per heavy atom. The van der Waals surface area contributed by atoms with Gasteiger partial charge in [0.25, 0.3) is 0 Å². The van der Waals surface area contributed by atoms with Crippen molar-refractivity contribution >= 4 is 76.6 Å². The summed E-state index contributed by atoms with van der Waals surface area (Å²) >= 11 is 11.9. The average Bonchev–Trinajstić information content (AvgIpc) is 3.07. The van der Waals surface area contributed by atoms with E-state index in [4.69, 9.17) is 38.7 Å². The molecule has 1 amide bonds. The van der Waals surface area contributed by atoms with E-state index in [0.717, 1.165) is 16.7 Å². The lowest BCUT2D eigenvalue weighted by atomic mass is 10.0. The predicted molar refractivity (Wildman–Crippen MR) is 149 cm³/mol. The van der Waals surface area contributed by atoms with Crippen molar-refractivity contribution in [1.82, 2.24) is 14.9 Å². The number of carbonyl (C=O) groups is 2. The normalized spacial score (nSPS) is 12.5. The number of nitrogens with zero attached hydrogens (tertiary/aromatic N) is 3. The van der Waals surface area contributed by atoms with E-state index in [1.807, 2.05) is 43.7 Å². The zero-order valence-electron chi connectivity index (χ0n) is 20.6. The third kappa shape index (κ3) is 9.50. The molecule has 2 rings (SSSR count). The summed E-state index contributed by atoms with van der Waals surface area (Å²) in [5.41, 5.74) is 8.92. The first-order valence-corrected chi connectivity index (χ1v) is 12.3. The molecule has 0 spiro atoms. The van der Waals surface area contributed by atoms with Gasteiger partial charge >= 0.3 is 5.97 Å². The second-order valence-electron chi connectivity index (χ2n) is 8.38. The number of benzene rings is 1. The van der Waals surface area contributed by atoms with Crippen LogP contribution >= 0.6 is 48.0 Å². The smallest absolute Gasteiger partial charge is 0.328 e. The monoisotopic (exact) mass is 571 g/mol. The van der Waals surface area contributed by atoms with E-state index in [1.165, 1.54) is 0 Å². The molecule has 0 saturated heterocycles. The van der Waals surface area contributed by atoms with Gasteiger partial charge < -0.3 is 25.3 Å². The molecule has 0 bridgehead atoms. The van der Waals surface area contributed by atoms with Crippen LogP contribution in [0.3, 0.4) is 0 Å². The Morgan fingerprint density at radius 3 is 2.37 bits per heavy atom. The first kappa shape index (κ1) is 33.5. The maximum atomic E-state index is 12.7. The summed E-state index contributed by atoms with van der Waals surface area (Å²) in [6.45, 7) is 7.32. The third-order valence-corrected chi connectivity index (χ3v) is 5.70. The Balaban J connectivity index is 0.00000578. The van der Waals surface area contributed by atoms with Crippen molar-refractivity contribution in [2.75, 3.05) is 36.4 Å². The van der Waals surface area contributed by atoms with Crippen molar-refractivity contribution in [2.45, 2.75) is 45.7 Å². The molecule has 0 aliphatic heterocycles. The highest BCUT2D eigenvalue weighted by Crippen LogP contribution is 2.23. The summed E-state index contributed by atoms with van der Waals surface area (Å²) in [5, 5.41) is 2.75. The van der Waals surface area contributed by atoms with Crippen LogP contribution in [-0.4, -0.2) is 65.0 Å². The van der Waals surface area contributed by atoms with E-state index in [0.29, 0.717) is 37.1 Å². The number of imidazole rings is 1. The van der Waals surface area contributed by atoms with Crippen LogP contribution in [0.1, 0.15) is 33.0 Å². The zero-order chi connectivity index (χ0) is 24.5. The quantitative estimate of drug-likeness (QED) is 0.280. The maximum Gasteiger partial charge on any atom is 0.328 e. The topological polar surface area (TPSA) is 102 Å². The van der Waals surface area contributed by atoms with Crippen LogP contribution in [0.2, 0.25) is 0 Å². The summed E-state index contributed by atoms with van der Waals surface area (Å²) < 4.78 is 7.02. The Hall–Kier alpha value is -1.45. The standard InChI is InChI=1S/C23H35Cl2N5O3.2ClH/c1-5-33-23(32)19(12-15(2)3)28-22(31)17(26)14-21-27-18-13-16(6-7-20(18)29(21)4)30(10-8-24)11-9-25;;/h6-7,13,15,17,19H,5,8-12,14,26H2,1-4H3,(H,28,31);2*1H. The van der Waals surface area contributed by atoms with Crippen molar-refractivity contribution in [3.05, 3.63) is 24.0 Å². The van der Waals surface area contributed by atoms with Crippen LogP contribution in [0.5, 0.6) is 0 Å². The molecule has 0 saturated carbocycles. The minimum Gasteiger partial charge on any atom is -0.464 e. The summed E-state index contributed by atoms with van der Waals surface area (Å²) in [6.07, 6.45) is 0.712. The number of nitrogens with two attached hydrogens (primary N) is 1. The van der Waals surface area contributed by atoms with Crippen molar-refractivity contribution < 1.29 is 14.3 Å². The van der Waals surface area contributed by atoms with Gasteiger partial charge in [0.1, 0.15) is 11.9 Å². The summed E-state index contributed by atoms with van der Waals surface area (Å²) in [4.78, 5) is 31.8. The Labute approximate surface area is 230 Å². The number of rotatable bonds is 13. The van der Waals surface area contributed by atoms with Crippen LogP contribution in [-0.2, 0) is 27.8 Å². The summed E-state index contributed by atoms with van der Waals surface area (Å²) in [5.74, 6) is 1.04. The van der Waals surface area contributed by atoms with Gasteiger partial charge in [-0.3, -0.25) is 4.79 Å². The van der Waals surface area contributed by atoms with Crippen LogP contribution in [0.25, 0.3) is 11.0 Å². The number of amides is 1. The largest absolute Gasteiger partial charge is 0.464 e. The van der Waals surface area contributed by atoms with Crippen molar-refractivity contribution in [2.24, 2.45) is 18.7 Å². The molecule has 12 heteroatoms. The lowest BCUT2D eigenvalue weighted by Gasteiger charge is -2.22. The number of nitrogens with one attached hydrogen (secondary N) is 1. The molecule has 0 radical (unpaired) electrons. The first-order valence-electron chi connectivity index (χ1n) is 11.3. The van der Waals surface area contributed by atoms with Crippen LogP contribution in [0, 0.1) is 5.92 Å². The lowest BCUT2D eigenvalue weighted by molar-refractivity contribution is -0.148. The van der Waals surface area contributed by atoms with E-state index in [9.17, 15) is 9.59 Å². The molecule has 2 unspecified atom stereocenters. The van der Waals surface area contributed by atoms with Gasteiger partial charge in [0.15, 0.2) is 0 Å². The fourth-order valence-corrected chi connectivity index (χ4v) is 4.10. The molecule has 1 aromatic heterocycles. The third-order valence-electron chi connectivity index (χ3n) is 5.37. The Morgan fingerprint density at radius 2 is 1.83 bits per heavy atom. The molecule has 1 heterocycles. The second-order valence-corrected chi connectivity index (χ2v) is 9.13. The molecule has 8 nitrogen and oxygen atoms in total. The Kier molecular flexibility index (Phi) is 15.6. The number of anilines is 1. The molecule has 2 atom stereocenters. The number of halogens is 4. The summed E-state index contributed by atoms with van der Waals surface area (Å²) in [6, 6.07) is 4.41. The fraction of sp³-hybridized carbons (Fsp3) is 0.609. The van der Waals surface area contributed by atoms with E-state index >= 15 is 0 Å². The van der Waals surface area contributed by atoms with E-state index in [1.54, 1.807) is 6.92 Å². The number of hydrogen-bond donors (Lipinski definition) is 2. The van der Waals surface area contributed by atoms with Gasteiger partial charge in [-0.05, 0) is 37.5 Å². The minimum atomic E-state index is -0.854. The molecule has 200 valence electrons. The van der Waals surface area contributed by atoms with Gasteiger partial charge in [0.05, 0.1) is 23.7 Å². The van der Waals surface area contributed by atoms with Gasteiger partial charge in [0, 0.05) is 44.0 Å². The van der Waals surface area contributed by atoms with Gasteiger partial charge in [0.2, 0.25) is 5.91 Å². The highest BCUT2D eigenvalue weighted by molar-refractivity contribution is 6.18. The zero-order valence-corrected chi connectivity index (χ0v) is 23.8. The predicted octanol–water partition coefficient (Wildman–Crippen LogP) is 3.66. The van der Waals surface area contributed by atoms with Crippen LogP contribution in [0.15, 0.2) is 18.2 Å². The van der Waals surface area contributed by atoms with Crippen molar-refractivity contribution in [3.63, 3.8) is 0 Å². The van der Waals surface area contributed by atoms with E-state index in [-0.39, 0.29) is 43.8 Å². The van der Waals surface area contributed by atoms with Gasteiger partial charge in [-0.15, -0.1) is 48.0 Å². The first-order chi connectivity index (χ1) is 15.7.